The first kappa shape index (κ1) is 9.46. The quantitative estimate of drug-likeness (QED) is 0.789. The smallest absolute Gasteiger partial charge is 0.203 e. The number of aromatic nitrogens is 2. The summed E-state index contributed by atoms with van der Waals surface area (Å²) in [4.78, 5) is 4.58. The zero-order valence-corrected chi connectivity index (χ0v) is 9.40. The third-order valence-corrected chi connectivity index (χ3v) is 3.03. The molecule has 0 saturated carbocycles. The van der Waals surface area contributed by atoms with Crippen molar-refractivity contribution < 1.29 is 0 Å². The number of anilines is 1. The molecule has 0 saturated heterocycles. The van der Waals surface area contributed by atoms with Gasteiger partial charge in [0.15, 0.2) is 0 Å². The van der Waals surface area contributed by atoms with Gasteiger partial charge in [-0.1, -0.05) is 30.3 Å². The van der Waals surface area contributed by atoms with E-state index >= 15 is 0 Å². The number of nitrogens with zero attached hydrogens (tertiary/aromatic N) is 2. The van der Waals surface area contributed by atoms with Gasteiger partial charge in [0.2, 0.25) is 5.95 Å². The average Bonchev–Trinajstić information content (AvgIpc) is 2.66. The third-order valence-electron chi connectivity index (χ3n) is 3.03. The first-order valence-corrected chi connectivity index (χ1v) is 5.72. The van der Waals surface area contributed by atoms with Crippen LogP contribution in [0.5, 0.6) is 0 Å². The van der Waals surface area contributed by atoms with E-state index in [1.165, 1.54) is 17.7 Å². The van der Waals surface area contributed by atoms with Crippen LogP contribution < -0.4 is 5.32 Å². The van der Waals surface area contributed by atoms with E-state index in [1.54, 1.807) is 0 Å². The van der Waals surface area contributed by atoms with E-state index in [0.29, 0.717) is 0 Å². The zero-order valence-electron chi connectivity index (χ0n) is 9.40. The highest BCUT2D eigenvalue weighted by Crippen LogP contribution is 2.28. The Morgan fingerprint density at radius 2 is 2.06 bits per heavy atom. The fourth-order valence-corrected chi connectivity index (χ4v) is 2.32. The van der Waals surface area contributed by atoms with Crippen molar-refractivity contribution in [1.29, 1.82) is 0 Å². The van der Waals surface area contributed by atoms with Crippen molar-refractivity contribution in [1.82, 2.24) is 9.55 Å². The number of benzene rings is 1. The highest BCUT2D eigenvalue weighted by Gasteiger charge is 2.17. The number of nitrogens with one attached hydrogen (secondary N) is 1. The summed E-state index contributed by atoms with van der Waals surface area (Å²) in [6.45, 7) is 4.17. The summed E-state index contributed by atoms with van der Waals surface area (Å²) in [6.07, 6.45) is 1.17. The minimum absolute atomic E-state index is 1.02. The molecule has 1 aromatic heterocycles. The predicted octanol–water partition coefficient (Wildman–Crippen LogP) is 2.67. The summed E-state index contributed by atoms with van der Waals surface area (Å²) in [7, 11) is 0. The lowest BCUT2D eigenvalue weighted by Gasteiger charge is -2.17. The van der Waals surface area contributed by atoms with Crippen LogP contribution in [0.4, 0.5) is 5.95 Å². The van der Waals surface area contributed by atoms with Gasteiger partial charge in [0, 0.05) is 18.7 Å². The molecule has 0 bridgehead atoms. The summed E-state index contributed by atoms with van der Waals surface area (Å²) in [6, 6.07) is 10.5. The van der Waals surface area contributed by atoms with Crippen LogP contribution in [0.1, 0.15) is 12.1 Å². The first-order chi connectivity index (χ1) is 7.86. The van der Waals surface area contributed by atoms with Crippen LogP contribution in [0, 0.1) is 6.92 Å². The summed E-state index contributed by atoms with van der Waals surface area (Å²) in [5, 5.41) is 3.35. The maximum absolute atomic E-state index is 4.58. The Kier molecular flexibility index (Phi) is 2.17. The second-order valence-electron chi connectivity index (χ2n) is 4.17. The largest absolute Gasteiger partial charge is 0.356 e. The van der Waals surface area contributed by atoms with Crippen molar-refractivity contribution in [3.05, 3.63) is 36.0 Å². The first-order valence-electron chi connectivity index (χ1n) is 5.72. The second kappa shape index (κ2) is 3.67. The predicted molar refractivity (Wildman–Crippen MR) is 65.5 cm³/mol. The van der Waals surface area contributed by atoms with Gasteiger partial charge in [-0.3, -0.25) is 0 Å². The van der Waals surface area contributed by atoms with Crippen LogP contribution in [0.15, 0.2) is 30.3 Å². The molecule has 0 fully saturated rings. The molecule has 1 aromatic carbocycles. The summed E-state index contributed by atoms with van der Waals surface area (Å²) >= 11 is 0. The minimum Gasteiger partial charge on any atom is -0.356 e. The van der Waals surface area contributed by atoms with Crippen LogP contribution in [-0.4, -0.2) is 16.1 Å². The number of hydrogen-bond acceptors (Lipinski definition) is 2. The van der Waals surface area contributed by atoms with E-state index < -0.39 is 0 Å². The van der Waals surface area contributed by atoms with Crippen molar-refractivity contribution in [2.75, 3.05) is 11.9 Å². The van der Waals surface area contributed by atoms with E-state index in [-0.39, 0.29) is 0 Å². The van der Waals surface area contributed by atoms with Crippen LogP contribution in [0.25, 0.3) is 11.3 Å². The Bertz CT molecular complexity index is 499. The fourth-order valence-electron chi connectivity index (χ4n) is 2.32. The lowest BCUT2D eigenvalue weighted by molar-refractivity contribution is 0.632. The molecular weight excluding hydrogens is 198 g/mol. The standard InChI is InChI=1S/C13H15N3/c1-10-12(11-6-3-2-4-7-11)16-9-5-8-14-13(16)15-10/h2-4,6-7H,5,8-9H2,1H3,(H,14,15). The van der Waals surface area contributed by atoms with Gasteiger partial charge in [0.05, 0.1) is 11.4 Å². The molecule has 1 N–H and O–H groups in total. The number of imidazole rings is 1. The van der Waals surface area contributed by atoms with E-state index in [4.69, 9.17) is 0 Å². The molecule has 3 rings (SSSR count). The molecule has 2 heterocycles. The van der Waals surface area contributed by atoms with Gasteiger partial charge in [-0.15, -0.1) is 0 Å². The summed E-state index contributed by atoms with van der Waals surface area (Å²) in [5.74, 6) is 1.02. The lowest BCUT2D eigenvalue weighted by atomic mass is 10.1. The molecule has 2 aromatic rings. The molecule has 0 radical (unpaired) electrons. The Balaban J connectivity index is 2.17. The monoisotopic (exact) mass is 213 g/mol. The second-order valence-corrected chi connectivity index (χ2v) is 4.17. The van der Waals surface area contributed by atoms with Gasteiger partial charge in [-0.25, -0.2) is 4.98 Å². The molecule has 0 spiro atoms. The van der Waals surface area contributed by atoms with E-state index in [1.807, 2.05) is 6.07 Å². The molecular formula is C13H15N3. The van der Waals surface area contributed by atoms with Crippen molar-refractivity contribution >= 4 is 5.95 Å². The zero-order chi connectivity index (χ0) is 11.0. The van der Waals surface area contributed by atoms with Crippen molar-refractivity contribution in [3.8, 4) is 11.3 Å². The number of aryl methyl sites for hydroxylation is 1. The summed E-state index contributed by atoms with van der Waals surface area (Å²) < 4.78 is 2.29. The third kappa shape index (κ3) is 1.40. The maximum atomic E-state index is 4.58. The Hall–Kier alpha value is -1.77. The van der Waals surface area contributed by atoms with Gasteiger partial charge in [0.25, 0.3) is 0 Å². The maximum Gasteiger partial charge on any atom is 0.203 e. The Labute approximate surface area is 95.1 Å². The molecule has 0 aliphatic carbocycles. The number of fused-ring (bicyclic) bond motifs is 1. The molecule has 82 valence electrons. The topological polar surface area (TPSA) is 29.9 Å². The Morgan fingerprint density at radius 3 is 2.88 bits per heavy atom. The van der Waals surface area contributed by atoms with E-state index in [9.17, 15) is 0 Å². The Morgan fingerprint density at radius 1 is 1.25 bits per heavy atom. The van der Waals surface area contributed by atoms with Crippen LogP contribution >= 0.6 is 0 Å². The molecule has 1 aliphatic heterocycles. The molecule has 1 aliphatic rings. The van der Waals surface area contributed by atoms with Crippen molar-refractivity contribution in [3.63, 3.8) is 0 Å². The molecule has 0 amide bonds. The lowest BCUT2D eigenvalue weighted by Crippen LogP contribution is -2.17. The molecule has 16 heavy (non-hydrogen) atoms. The molecule has 3 nitrogen and oxygen atoms in total. The van der Waals surface area contributed by atoms with Gasteiger partial charge in [0.1, 0.15) is 0 Å². The van der Waals surface area contributed by atoms with Gasteiger partial charge < -0.3 is 9.88 Å². The van der Waals surface area contributed by atoms with Gasteiger partial charge in [-0.2, -0.15) is 0 Å². The molecule has 0 atom stereocenters. The number of hydrogen-bond donors (Lipinski definition) is 1. The molecule has 3 heteroatoms. The van der Waals surface area contributed by atoms with E-state index in [0.717, 1.165) is 24.7 Å². The van der Waals surface area contributed by atoms with Gasteiger partial charge in [-0.05, 0) is 13.3 Å². The summed E-state index contributed by atoms with van der Waals surface area (Å²) in [5.41, 5.74) is 3.61. The van der Waals surface area contributed by atoms with Crippen LogP contribution in [-0.2, 0) is 6.54 Å². The normalized spacial score (nSPS) is 14.3. The molecule has 0 unspecified atom stereocenters. The fraction of sp³-hybridized carbons (Fsp3) is 0.308. The minimum atomic E-state index is 1.02. The van der Waals surface area contributed by atoms with Crippen LogP contribution in [0.3, 0.4) is 0 Å². The average molecular weight is 213 g/mol. The van der Waals surface area contributed by atoms with Crippen molar-refractivity contribution in [2.24, 2.45) is 0 Å². The van der Waals surface area contributed by atoms with Crippen LogP contribution in [0.2, 0.25) is 0 Å². The van der Waals surface area contributed by atoms with E-state index in [2.05, 4.69) is 46.1 Å². The van der Waals surface area contributed by atoms with Crippen molar-refractivity contribution in [2.45, 2.75) is 19.9 Å². The highest BCUT2D eigenvalue weighted by molar-refractivity contribution is 5.65. The highest BCUT2D eigenvalue weighted by atomic mass is 15.2. The number of rotatable bonds is 1. The SMILES string of the molecule is Cc1nc2n(c1-c1ccccc1)CCCN2. The van der Waals surface area contributed by atoms with Gasteiger partial charge >= 0.3 is 0 Å².